The highest BCUT2D eigenvalue weighted by Crippen LogP contribution is 2.35. The normalized spacial score (nSPS) is 26.3. The van der Waals surface area contributed by atoms with Crippen LogP contribution in [0.25, 0.3) is 0 Å². The van der Waals surface area contributed by atoms with E-state index in [4.69, 9.17) is 14.6 Å². The summed E-state index contributed by atoms with van der Waals surface area (Å²) in [4.78, 5) is 28.0. The van der Waals surface area contributed by atoms with Gasteiger partial charge < -0.3 is 15.2 Å². The zero-order valence-electron chi connectivity index (χ0n) is 16.5. The van der Waals surface area contributed by atoms with E-state index < -0.39 is 12.1 Å². The minimum Gasteiger partial charge on any atom is -0.475 e. The molecule has 1 aromatic heterocycles. The van der Waals surface area contributed by atoms with Gasteiger partial charge in [-0.05, 0) is 43.2 Å². The Labute approximate surface area is 172 Å². The molecule has 0 bridgehead atoms. The summed E-state index contributed by atoms with van der Waals surface area (Å²) < 4.78 is 37.7. The van der Waals surface area contributed by atoms with Gasteiger partial charge in [0, 0.05) is 44.0 Å². The molecule has 0 aromatic carbocycles. The van der Waals surface area contributed by atoms with E-state index >= 15 is 0 Å². The average Bonchev–Trinajstić information content (AvgIpc) is 3.43. The van der Waals surface area contributed by atoms with E-state index in [1.165, 1.54) is 18.4 Å². The Hall–Kier alpha value is -2.20. The number of carboxylic acid groups (broad SMARTS) is 1. The number of fused-ring (bicyclic) bond motifs is 1. The summed E-state index contributed by atoms with van der Waals surface area (Å²) in [7, 11) is 0. The first-order chi connectivity index (χ1) is 14.2. The summed E-state index contributed by atoms with van der Waals surface area (Å²) in [6, 6.07) is 4.46. The third-order valence-corrected chi connectivity index (χ3v) is 5.64. The number of carbonyl (C=O) groups excluding carboxylic acids is 1. The smallest absolute Gasteiger partial charge is 0.475 e. The minimum absolute atomic E-state index is 0.109. The second kappa shape index (κ2) is 9.74. The summed E-state index contributed by atoms with van der Waals surface area (Å²) >= 11 is 0. The van der Waals surface area contributed by atoms with Crippen LogP contribution in [-0.4, -0.2) is 64.9 Å². The molecule has 0 radical (unpaired) electrons. The maximum absolute atomic E-state index is 12.4. The quantitative estimate of drug-likeness (QED) is 0.746. The third-order valence-electron chi connectivity index (χ3n) is 5.64. The van der Waals surface area contributed by atoms with Crippen molar-refractivity contribution in [3.05, 3.63) is 30.1 Å². The number of carboxylic acids is 1. The molecule has 1 aromatic rings. The van der Waals surface area contributed by atoms with Crippen LogP contribution in [-0.2, 0) is 20.9 Å². The SMILES string of the molecule is O=C(NCC1CC1)[C@H]1C[C@@H]2[C@@H](C1)OCCN2Cc1cccnc1.O=C(O)C(F)(F)F. The van der Waals surface area contributed by atoms with Gasteiger partial charge in [0.2, 0.25) is 5.91 Å². The molecule has 2 aliphatic carbocycles. The van der Waals surface area contributed by atoms with Gasteiger partial charge in [-0.3, -0.25) is 14.7 Å². The van der Waals surface area contributed by atoms with Crippen molar-refractivity contribution in [2.75, 3.05) is 19.7 Å². The van der Waals surface area contributed by atoms with Crippen LogP contribution in [0.2, 0.25) is 0 Å². The fourth-order valence-corrected chi connectivity index (χ4v) is 3.88. The Morgan fingerprint density at radius 1 is 1.30 bits per heavy atom. The number of carbonyl (C=O) groups is 2. The number of alkyl halides is 3. The Bertz CT molecular complexity index is 728. The lowest BCUT2D eigenvalue weighted by Gasteiger charge is -2.37. The van der Waals surface area contributed by atoms with E-state index in [1.54, 1.807) is 6.20 Å². The van der Waals surface area contributed by atoms with Crippen LogP contribution in [0.5, 0.6) is 0 Å². The molecule has 2 N–H and O–H groups in total. The number of pyridine rings is 1. The Morgan fingerprint density at radius 2 is 2.03 bits per heavy atom. The van der Waals surface area contributed by atoms with E-state index in [2.05, 4.69) is 21.3 Å². The molecule has 166 valence electrons. The van der Waals surface area contributed by atoms with Crippen molar-refractivity contribution in [3.8, 4) is 0 Å². The van der Waals surface area contributed by atoms with Crippen molar-refractivity contribution in [2.45, 2.75) is 50.6 Å². The Balaban J connectivity index is 0.000000318. The summed E-state index contributed by atoms with van der Waals surface area (Å²) in [6.45, 7) is 3.46. The van der Waals surface area contributed by atoms with Gasteiger partial charge in [0.1, 0.15) is 0 Å². The fourth-order valence-electron chi connectivity index (χ4n) is 3.88. The van der Waals surface area contributed by atoms with Gasteiger partial charge in [-0.2, -0.15) is 13.2 Å². The number of rotatable bonds is 5. The van der Waals surface area contributed by atoms with Gasteiger partial charge in [0.05, 0.1) is 12.7 Å². The molecule has 1 saturated heterocycles. The zero-order chi connectivity index (χ0) is 21.7. The van der Waals surface area contributed by atoms with Gasteiger partial charge in [0.15, 0.2) is 0 Å². The van der Waals surface area contributed by atoms with E-state index in [0.29, 0.717) is 6.04 Å². The summed E-state index contributed by atoms with van der Waals surface area (Å²) in [5.74, 6) is -1.68. The fraction of sp³-hybridized carbons (Fsp3) is 0.650. The van der Waals surface area contributed by atoms with Crippen LogP contribution in [0.15, 0.2) is 24.5 Å². The van der Waals surface area contributed by atoms with Crippen LogP contribution >= 0.6 is 0 Å². The standard InChI is InChI=1S/C18H25N3O2.C2HF3O2/c22-18(20-11-13-3-4-13)15-8-16-17(9-15)23-7-6-21(16)12-14-2-1-5-19-10-14;3-2(4,5)1(6)7/h1-2,5,10,13,15-17H,3-4,6-9,11-12H2,(H,20,22);(H,6,7)/t15-,16+,17+;/m0./s1. The van der Waals surface area contributed by atoms with E-state index in [0.717, 1.165) is 45.0 Å². The second-order valence-corrected chi connectivity index (χ2v) is 7.97. The lowest BCUT2D eigenvalue weighted by molar-refractivity contribution is -0.192. The molecule has 0 unspecified atom stereocenters. The van der Waals surface area contributed by atoms with Crippen LogP contribution in [0.3, 0.4) is 0 Å². The predicted molar refractivity (Wildman–Crippen MR) is 100 cm³/mol. The van der Waals surface area contributed by atoms with E-state index in [-0.39, 0.29) is 17.9 Å². The second-order valence-electron chi connectivity index (χ2n) is 7.97. The van der Waals surface area contributed by atoms with Gasteiger partial charge >= 0.3 is 12.1 Å². The van der Waals surface area contributed by atoms with E-state index in [1.807, 2.05) is 12.3 Å². The number of halogens is 3. The first-order valence-corrected chi connectivity index (χ1v) is 10.1. The summed E-state index contributed by atoms with van der Waals surface area (Å²) in [5.41, 5.74) is 1.23. The number of hydrogen-bond acceptors (Lipinski definition) is 5. The Kier molecular flexibility index (Phi) is 7.30. The third kappa shape index (κ3) is 6.40. The van der Waals surface area contributed by atoms with E-state index in [9.17, 15) is 18.0 Å². The molecule has 2 heterocycles. The zero-order valence-corrected chi connectivity index (χ0v) is 16.5. The predicted octanol–water partition coefficient (Wildman–Crippen LogP) is 2.22. The van der Waals surface area contributed by atoms with Gasteiger partial charge in [0.25, 0.3) is 0 Å². The Morgan fingerprint density at radius 3 is 2.63 bits per heavy atom. The molecule has 7 nitrogen and oxygen atoms in total. The topological polar surface area (TPSA) is 91.8 Å². The number of amides is 1. The van der Waals surface area contributed by atoms with Crippen LogP contribution in [0.4, 0.5) is 13.2 Å². The van der Waals surface area contributed by atoms with Crippen molar-refractivity contribution < 1.29 is 32.6 Å². The minimum atomic E-state index is -5.08. The molecule has 3 fully saturated rings. The molecule has 3 atom stereocenters. The number of nitrogens with zero attached hydrogens (tertiary/aromatic N) is 2. The lowest BCUT2D eigenvalue weighted by Crippen LogP contribution is -2.47. The lowest BCUT2D eigenvalue weighted by atomic mass is 10.1. The monoisotopic (exact) mass is 429 g/mol. The average molecular weight is 429 g/mol. The maximum Gasteiger partial charge on any atom is 0.490 e. The number of ether oxygens (including phenoxy) is 1. The van der Waals surface area contributed by atoms with Gasteiger partial charge in [-0.25, -0.2) is 4.79 Å². The summed E-state index contributed by atoms with van der Waals surface area (Å²) in [5, 5.41) is 10.3. The van der Waals surface area contributed by atoms with Crippen molar-refractivity contribution in [3.63, 3.8) is 0 Å². The van der Waals surface area contributed by atoms with Gasteiger partial charge in [-0.15, -0.1) is 0 Å². The van der Waals surface area contributed by atoms with Crippen LogP contribution < -0.4 is 5.32 Å². The number of nitrogens with one attached hydrogen (secondary N) is 1. The largest absolute Gasteiger partial charge is 0.490 e. The molecular formula is C20H26F3N3O4. The van der Waals surface area contributed by atoms with Crippen LogP contribution in [0.1, 0.15) is 31.2 Å². The number of aliphatic carboxylic acids is 1. The van der Waals surface area contributed by atoms with Crippen molar-refractivity contribution in [1.82, 2.24) is 15.2 Å². The van der Waals surface area contributed by atoms with Crippen molar-refractivity contribution in [2.24, 2.45) is 11.8 Å². The first-order valence-electron chi connectivity index (χ1n) is 10.1. The molecule has 2 saturated carbocycles. The maximum atomic E-state index is 12.4. The van der Waals surface area contributed by atoms with Gasteiger partial charge in [-0.1, -0.05) is 6.07 Å². The number of hydrogen-bond donors (Lipinski definition) is 2. The molecule has 30 heavy (non-hydrogen) atoms. The van der Waals surface area contributed by atoms with Crippen molar-refractivity contribution in [1.29, 1.82) is 0 Å². The summed E-state index contributed by atoms with van der Waals surface area (Å²) in [6.07, 6.45) is 3.19. The highest BCUT2D eigenvalue weighted by Gasteiger charge is 2.43. The molecule has 3 aliphatic rings. The molecule has 10 heteroatoms. The first kappa shape index (κ1) is 22.5. The highest BCUT2D eigenvalue weighted by atomic mass is 19.4. The molecular weight excluding hydrogens is 403 g/mol. The molecule has 0 spiro atoms. The van der Waals surface area contributed by atoms with Crippen LogP contribution in [0, 0.1) is 11.8 Å². The molecule has 1 amide bonds. The molecule has 1 aliphatic heterocycles. The number of aromatic nitrogens is 1. The van der Waals surface area contributed by atoms with Crippen molar-refractivity contribution >= 4 is 11.9 Å². The molecule has 4 rings (SSSR count). The number of morpholine rings is 1. The highest BCUT2D eigenvalue weighted by molar-refractivity contribution is 5.79.